The lowest BCUT2D eigenvalue weighted by molar-refractivity contribution is 0.0912. The summed E-state index contributed by atoms with van der Waals surface area (Å²) < 4.78 is 7.30. The number of hydrogen-bond acceptors (Lipinski definition) is 2. The fourth-order valence-electron chi connectivity index (χ4n) is 1.94. The van der Waals surface area contributed by atoms with Crippen LogP contribution in [0.1, 0.15) is 23.7 Å². The zero-order valence-electron chi connectivity index (χ0n) is 9.04. The van der Waals surface area contributed by atoms with E-state index in [1.54, 1.807) is 0 Å². The van der Waals surface area contributed by atoms with E-state index in [2.05, 4.69) is 31.9 Å². The molecule has 2 rings (SSSR count). The second-order valence-corrected chi connectivity index (χ2v) is 5.90. The van der Waals surface area contributed by atoms with E-state index in [0.29, 0.717) is 6.61 Å². The van der Waals surface area contributed by atoms with Gasteiger partial charge in [-0.05, 0) is 36.6 Å². The van der Waals surface area contributed by atoms with Crippen molar-refractivity contribution in [3.8, 4) is 0 Å². The van der Waals surface area contributed by atoms with Gasteiger partial charge in [0.2, 0.25) is 0 Å². The molecule has 0 saturated carbocycles. The Morgan fingerprint density at radius 2 is 2.12 bits per heavy atom. The molecule has 0 aliphatic carbocycles. The predicted molar refractivity (Wildman–Crippen MR) is 70.5 cm³/mol. The SMILES string of the molecule is Cc1cc(Br)c(C(O)C2CCOC2)cc1Br. The molecule has 1 heterocycles. The molecule has 0 spiro atoms. The highest BCUT2D eigenvalue weighted by atomic mass is 79.9. The summed E-state index contributed by atoms with van der Waals surface area (Å²) in [6, 6.07) is 4.01. The molecule has 0 amide bonds. The Bertz CT molecular complexity index is 387. The van der Waals surface area contributed by atoms with Gasteiger partial charge < -0.3 is 9.84 Å². The molecule has 16 heavy (non-hydrogen) atoms. The quantitative estimate of drug-likeness (QED) is 0.884. The van der Waals surface area contributed by atoms with E-state index in [1.165, 1.54) is 0 Å². The van der Waals surface area contributed by atoms with Crippen LogP contribution in [0.2, 0.25) is 0 Å². The van der Waals surface area contributed by atoms with Gasteiger partial charge in [-0.3, -0.25) is 0 Å². The molecule has 1 aromatic rings. The minimum absolute atomic E-state index is 0.214. The number of hydrogen-bond donors (Lipinski definition) is 1. The standard InChI is InChI=1S/C12H14Br2O2/c1-7-4-11(14)9(5-10(7)13)12(15)8-2-3-16-6-8/h4-5,8,12,15H,2-3,6H2,1H3. The Balaban J connectivity index is 2.28. The van der Waals surface area contributed by atoms with Gasteiger partial charge in [0, 0.05) is 21.5 Å². The van der Waals surface area contributed by atoms with Crippen LogP contribution in [0, 0.1) is 12.8 Å². The molecule has 1 saturated heterocycles. The Morgan fingerprint density at radius 3 is 2.75 bits per heavy atom. The van der Waals surface area contributed by atoms with Gasteiger partial charge in [-0.2, -0.15) is 0 Å². The molecule has 2 atom stereocenters. The number of aliphatic hydroxyl groups excluding tert-OH is 1. The van der Waals surface area contributed by atoms with Crippen molar-refractivity contribution in [1.82, 2.24) is 0 Å². The normalized spacial score (nSPS) is 22.4. The highest BCUT2D eigenvalue weighted by molar-refractivity contribution is 9.11. The first-order valence-corrected chi connectivity index (χ1v) is 6.89. The lowest BCUT2D eigenvalue weighted by Gasteiger charge is -2.19. The predicted octanol–water partition coefficient (Wildman–Crippen LogP) is 3.59. The van der Waals surface area contributed by atoms with Crippen molar-refractivity contribution in [1.29, 1.82) is 0 Å². The highest BCUT2D eigenvalue weighted by Gasteiger charge is 2.26. The number of halogens is 2. The maximum atomic E-state index is 10.3. The first kappa shape index (κ1) is 12.6. The molecular weight excluding hydrogens is 336 g/mol. The van der Waals surface area contributed by atoms with Crippen molar-refractivity contribution < 1.29 is 9.84 Å². The van der Waals surface area contributed by atoms with Gasteiger partial charge in [-0.1, -0.05) is 31.9 Å². The molecule has 1 aliphatic rings. The number of benzene rings is 1. The van der Waals surface area contributed by atoms with E-state index >= 15 is 0 Å². The van der Waals surface area contributed by atoms with Gasteiger partial charge in [-0.25, -0.2) is 0 Å². The minimum atomic E-state index is -0.450. The van der Waals surface area contributed by atoms with Crippen molar-refractivity contribution in [3.05, 3.63) is 32.2 Å². The van der Waals surface area contributed by atoms with Crippen molar-refractivity contribution >= 4 is 31.9 Å². The first-order valence-electron chi connectivity index (χ1n) is 5.31. The molecule has 1 fully saturated rings. The van der Waals surface area contributed by atoms with Crippen LogP contribution in [-0.2, 0) is 4.74 Å². The Kier molecular flexibility index (Phi) is 4.06. The molecule has 4 heteroatoms. The first-order chi connectivity index (χ1) is 7.59. The van der Waals surface area contributed by atoms with Gasteiger partial charge in [0.25, 0.3) is 0 Å². The molecule has 0 radical (unpaired) electrons. The third kappa shape index (κ3) is 2.50. The molecule has 2 unspecified atom stereocenters. The Hall–Kier alpha value is 0.1000. The maximum absolute atomic E-state index is 10.3. The van der Waals surface area contributed by atoms with Crippen molar-refractivity contribution in [2.24, 2.45) is 5.92 Å². The van der Waals surface area contributed by atoms with Crippen LogP contribution < -0.4 is 0 Å². The fourth-order valence-corrected chi connectivity index (χ4v) is 3.00. The molecule has 0 aromatic heterocycles. The van der Waals surface area contributed by atoms with Gasteiger partial charge in [0.05, 0.1) is 12.7 Å². The largest absolute Gasteiger partial charge is 0.388 e. The monoisotopic (exact) mass is 348 g/mol. The van der Waals surface area contributed by atoms with Gasteiger partial charge in [-0.15, -0.1) is 0 Å². The Morgan fingerprint density at radius 1 is 1.38 bits per heavy atom. The zero-order chi connectivity index (χ0) is 11.7. The smallest absolute Gasteiger partial charge is 0.0852 e. The average molecular weight is 350 g/mol. The third-order valence-corrected chi connectivity index (χ3v) is 4.55. The molecule has 0 bridgehead atoms. The van der Waals surface area contributed by atoms with Crippen LogP contribution in [0.5, 0.6) is 0 Å². The van der Waals surface area contributed by atoms with E-state index < -0.39 is 6.10 Å². The van der Waals surface area contributed by atoms with Gasteiger partial charge >= 0.3 is 0 Å². The lowest BCUT2D eigenvalue weighted by atomic mass is 9.95. The molecule has 88 valence electrons. The topological polar surface area (TPSA) is 29.5 Å². The van der Waals surface area contributed by atoms with E-state index in [-0.39, 0.29) is 5.92 Å². The van der Waals surface area contributed by atoms with Crippen LogP contribution in [0.3, 0.4) is 0 Å². The Labute approximate surface area is 112 Å². The number of rotatable bonds is 2. The maximum Gasteiger partial charge on any atom is 0.0852 e. The van der Waals surface area contributed by atoms with Crippen LogP contribution >= 0.6 is 31.9 Å². The summed E-state index contributed by atoms with van der Waals surface area (Å²) in [6.45, 7) is 3.44. The summed E-state index contributed by atoms with van der Waals surface area (Å²) >= 11 is 7.00. The zero-order valence-corrected chi connectivity index (χ0v) is 12.2. The van der Waals surface area contributed by atoms with Gasteiger partial charge in [0.15, 0.2) is 0 Å². The van der Waals surface area contributed by atoms with Crippen LogP contribution in [0.25, 0.3) is 0 Å². The van der Waals surface area contributed by atoms with E-state index in [1.807, 2.05) is 19.1 Å². The lowest BCUT2D eigenvalue weighted by Crippen LogP contribution is -2.13. The van der Waals surface area contributed by atoms with Crippen molar-refractivity contribution in [3.63, 3.8) is 0 Å². The summed E-state index contributed by atoms with van der Waals surface area (Å²) in [6.07, 6.45) is 0.479. The fraction of sp³-hybridized carbons (Fsp3) is 0.500. The van der Waals surface area contributed by atoms with Crippen LogP contribution in [-0.4, -0.2) is 18.3 Å². The summed E-state index contributed by atoms with van der Waals surface area (Å²) in [4.78, 5) is 0. The minimum Gasteiger partial charge on any atom is -0.388 e. The molecule has 1 N–H and O–H groups in total. The van der Waals surface area contributed by atoms with Crippen molar-refractivity contribution in [2.75, 3.05) is 13.2 Å². The third-order valence-electron chi connectivity index (χ3n) is 3.01. The average Bonchev–Trinajstić information content (AvgIpc) is 2.75. The second kappa shape index (κ2) is 5.17. The molecule has 1 aromatic carbocycles. The number of ether oxygens (including phenoxy) is 1. The van der Waals surface area contributed by atoms with E-state index in [9.17, 15) is 5.11 Å². The molecule has 1 aliphatic heterocycles. The summed E-state index contributed by atoms with van der Waals surface area (Å²) in [7, 11) is 0. The van der Waals surface area contributed by atoms with Crippen LogP contribution in [0.4, 0.5) is 0 Å². The van der Waals surface area contributed by atoms with E-state index in [4.69, 9.17) is 4.74 Å². The summed E-state index contributed by atoms with van der Waals surface area (Å²) in [5.74, 6) is 0.214. The van der Waals surface area contributed by atoms with E-state index in [0.717, 1.165) is 33.1 Å². The van der Waals surface area contributed by atoms with Gasteiger partial charge in [0.1, 0.15) is 0 Å². The molecular formula is C12H14Br2O2. The van der Waals surface area contributed by atoms with Crippen molar-refractivity contribution in [2.45, 2.75) is 19.4 Å². The summed E-state index contributed by atoms with van der Waals surface area (Å²) in [5.41, 5.74) is 2.10. The summed E-state index contributed by atoms with van der Waals surface area (Å²) in [5, 5.41) is 10.3. The highest BCUT2D eigenvalue weighted by Crippen LogP contribution is 2.35. The number of aliphatic hydroxyl groups is 1. The second-order valence-electron chi connectivity index (χ2n) is 4.19. The molecule has 2 nitrogen and oxygen atoms in total. The number of aryl methyl sites for hydroxylation is 1. The van der Waals surface area contributed by atoms with Crippen LogP contribution in [0.15, 0.2) is 21.1 Å².